The van der Waals surface area contributed by atoms with Crippen molar-refractivity contribution < 1.29 is 28.1 Å². The second-order valence-electron chi connectivity index (χ2n) is 6.06. The Morgan fingerprint density at radius 3 is 2.76 bits per heavy atom. The lowest BCUT2D eigenvalue weighted by Gasteiger charge is -2.37. The number of nitrogens with one attached hydrogen (secondary N) is 1. The monoisotopic (exact) mass is 362 g/mol. The number of aromatic nitrogens is 2. The van der Waals surface area contributed by atoms with Crippen molar-refractivity contribution >= 4 is 12.2 Å². The summed E-state index contributed by atoms with van der Waals surface area (Å²) in [4.78, 5) is 10.8. The van der Waals surface area contributed by atoms with Crippen molar-refractivity contribution in [3.8, 4) is 0 Å². The average Bonchev–Trinajstić information content (AvgIpc) is 2.54. The van der Waals surface area contributed by atoms with Crippen molar-refractivity contribution in [2.75, 3.05) is 13.2 Å². The topological polar surface area (TPSA) is 99.9 Å². The van der Waals surface area contributed by atoms with E-state index in [1.807, 2.05) is 13.8 Å². The quantitative estimate of drug-likeness (QED) is 0.674. The van der Waals surface area contributed by atoms with Crippen LogP contribution in [0.2, 0.25) is 0 Å². The largest absolute Gasteiger partial charge is 0.433 e. The summed E-state index contributed by atoms with van der Waals surface area (Å²) in [5.74, 6) is -0.953. The minimum absolute atomic E-state index is 0.0107. The van der Waals surface area contributed by atoms with Gasteiger partial charge in [-0.3, -0.25) is 0 Å². The SMILES string of the molecule is CC(C)OC[C@H]1NCC(/C=N/c2nccc(C(F)(F)F)n2)[C@@H](O)[C@H]1O. The molecule has 1 fully saturated rings. The minimum atomic E-state index is -4.58. The van der Waals surface area contributed by atoms with E-state index in [-0.39, 0.29) is 25.2 Å². The van der Waals surface area contributed by atoms with Crippen molar-refractivity contribution in [3.05, 3.63) is 18.0 Å². The summed E-state index contributed by atoms with van der Waals surface area (Å²) in [5.41, 5.74) is -1.09. The third-order valence-electron chi connectivity index (χ3n) is 3.74. The minimum Gasteiger partial charge on any atom is -0.390 e. The fourth-order valence-electron chi connectivity index (χ4n) is 2.35. The fraction of sp³-hybridized carbons (Fsp3) is 0.667. The molecular formula is C15H21F3N4O3. The molecule has 3 N–H and O–H groups in total. The molecule has 1 unspecified atom stereocenters. The van der Waals surface area contributed by atoms with E-state index < -0.39 is 36.0 Å². The Bertz CT molecular complexity index is 598. The Hall–Kier alpha value is -1.62. The van der Waals surface area contributed by atoms with E-state index in [4.69, 9.17) is 4.74 Å². The number of rotatable bonds is 5. The first-order valence-corrected chi connectivity index (χ1v) is 7.84. The molecule has 0 spiro atoms. The van der Waals surface area contributed by atoms with Crippen LogP contribution in [-0.4, -0.2) is 63.9 Å². The maximum atomic E-state index is 12.6. The number of hydrogen-bond acceptors (Lipinski definition) is 7. The van der Waals surface area contributed by atoms with E-state index in [1.165, 1.54) is 6.21 Å². The molecule has 0 aromatic carbocycles. The maximum absolute atomic E-state index is 12.6. The molecule has 1 aliphatic rings. The van der Waals surface area contributed by atoms with Gasteiger partial charge in [-0.25, -0.2) is 15.0 Å². The molecule has 140 valence electrons. The van der Waals surface area contributed by atoms with Gasteiger partial charge in [0.1, 0.15) is 5.69 Å². The number of aliphatic hydroxyl groups is 2. The van der Waals surface area contributed by atoms with Crippen molar-refractivity contribution in [1.29, 1.82) is 0 Å². The number of aliphatic imine (C=N–C) groups is 1. The molecule has 7 nitrogen and oxygen atoms in total. The van der Waals surface area contributed by atoms with Crippen molar-refractivity contribution in [2.45, 2.75) is 44.4 Å². The fourth-order valence-corrected chi connectivity index (χ4v) is 2.35. The van der Waals surface area contributed by atoms with Crippen molar-refractivity contribution in [2.24, 2.45) is 10.9 Å². The molecule has 2 heterocycles. The Kier molecular flexibility index (Phi) is 6.44. The van der Waals surface area contributed by atoms with Crippen LogP contribution in [0.25, 0.3) is 0 Å². The van der Waals surface area contributed by atoms with Gasteiger partial charge in [0, 0.05) is 24.9 Å². The highest BCUT2D eigenvalue weighted by molar-refractivity contribution is 5.65. The van der Waals surface area contributed by atoms with E-state index in [1.54, 1.807) is 0 Å². The first-order valence-electron chi connectivity index (χ1n) is 7.84. The van der Waals surface area contributed by atoms with Crippen LogP contribution in [0, 0.1) is 5.92 Å². The Morgan fingerprint density at radius 1 is 1.40 bits per heavy atom. The van der Waals surface area contributed by atoms with Crippen LogP contribution in [-0.2, 0) is 10.9 Å². The zero-order chi connectivity index (χ0) is 18.6. The number of aliphatic hydroxyl groups excluding tert-OH is 2. The first-order chi connectivity index (χ1) is 11.7. The number of halogens is 3. The predicted octanol–water partition coefficient (Wildman–Crippen LogP) is 0.932. The highest BCUT2D eigenvalue weighted by Gasteiger charge is 2.37. The second kappa shape index (κ2) is 8.17. The van der Waals surface area contributed by atoms with Gasteiger partial charge in [0.25, 0.3) is 0 Å². The molecule has 0 aliphatic carbocycles. The normalized spacial score (nSPS) is 28.0. The van der Waals surface area contributed by atoms with Crippen LogP contribution in [0.1, 0.15) is 19.5 Å². The maximum Gasteiger partial charge on any atom is 0.433 e. The molecule has 1 aliphatic heterocycles. The number of piperidine rings is 1. The van der Waals surface area contributed by atoms with Gasteiger partial charge in [0.2, 0.25) is 5.95 Å². The third kappa shape index (κ3) is 5.43. The van der Waals surface area contributed by atoms with E-state index >= 15 is 0 Å². The van der Waals surface area contributed by atoms with Crippen LogP contribution >= 0.6 is 0 Å². The number of ether oxygens (including phenoxy) is 1. The van der Waals surface area contributed by atoms with Gasteiger partial charge in [-0.05, 0) is 19.9 Å². The van der Waals surface area contributed by atoms with Gasteiger partial charge in [-0.2, -0.15) is 13.2 Å². The molecule has 2 rings (SSSR count). The summed E-state index contributed by atoms with van der Waals surface area (Å²) in [6.45, 7) is 4.23. The molecule has 0 amide bonds. The molecule has 1 aromatic heterocycles. The molecule has 4 atom stereocenters. The molecule has 0 bridgehead atoms. The van der Waals surface area contributed by atoms with Crippen LogP contribution in [0.4, 0.5) is 19.1 Å². The number of hydrogen-bond donors (Lipinski definition) is 3. The lowest BCUT2D eigenvalue weighted by atomic mass is 9.90. The van der Waals surface area contributed by atoms with Crippen LogP contribution in [0.3, 0.4) is 0 Å². The van der Waals surface area contributed by atoms with Gasteiger partial charge in [0.05, 0.1) is 31.0 Å². The van der Waals surface area contributed by atoms with Gasteiger partial charge in [0.15, 0.2) is 0 Å². The number of nitrogens with zero attached hydrogens (tertiary/aromatic N) is 3. The second-order valence-corrected chi connectivity index (χ2v) is 6.06. The molecule has 0 radical (unpaired) electrons. The zero-order valence-corrected chi connectivity index (χ0v) is 13.8. The third-order valence-corrected chi connectivity index (χ3v) is 3.74. The molecule has 10 heteroatoms. The van der Waals surface area contributed by atoms with E-state index in [0.717, 1.165) is 12.3 Å². The lowest BCUT2D eigenvalue weighted by molar-refractivity contribution is -0.141. The highest BCUT2D eigenvalue weighted by Crippen LogP contribution is 2.28. The smallest absolute Gasteiger partial charge is 0.390 e. The van der Waals surface area contributed by atoms with E-state index in [0.29, 0.717) is 0 Å². The van der Waals surface area contributed by atoms with Gasteiger partial charge < -0.3 is 20.3 Å². The summed E-state index contributed by atoms with van der Waals surface area (Å²) < 4.78 is 43.2. The first kappa shape index (κ1) is 19.7. The molecule has 0 saturated carbocycles. The van der Waals surface area contributed by atoms with Crippen LogP contribution in [0.15, 0.2) is 17.3 Å². The van der Waals surface area contributed by atoms with Crippen LogP contribution in [0.5, 0.6) is 0 Å². The van der Waals surface area contributed by atoms with Crippen LogP contribution < -0.4 is 5.32 Å². The van der Waals surface area contributed by atoms with E-state index in [2.05, 4.69) is 20.3 Å². The van der Waals surface area contributed by atoms with Crippen molar-refractivity contribution in [1.82, 2.24) is 15.3 Å². The molecular weight excluding hydrogens is 341 g/mol. The van der Waals surface area contributed by atoms with Gasteiger partial charge in [-0.15, -0.1) is 0 Å². The summed E-state index contributed by atoms with van der Waals surface area (Å²) in [7, 11) is 0. The van der Waals surface area contributed by atoms with E-state index in [9.17, 15) is 23.4 Å². The summed E-state index contributed by atoms with van der Waals surface area (Å²) in [6, 6.07) is 0.311. The van der Waals surface area contributed by atoms with Gasteiger partial charge >= 0.3 is 6.18 Å². The molecule has 1 aromatic rings. The standard InChI is InChI=1S/C15H21F3N4O3/c1-8(2)25-7-10-13(24)12(23)9(5-20-10)6-21-14-19-4-3-11(22-14)15(16,17)18/h3-4,6,8-10,12-13,20,23-24H,5,7H2,1-2H3/b21-6+/t9?,10-,12-,13+/m1/s1. The number of alkyl halides is 3. The predicted molar refractivity (Wildman–Crippen MR) is 83.6 cm³/mol. The van der Waals surface area contributed by atoms with Gasteiger partial charge in [-0.1, -0.05) is 0 Å². The summed E-state index contributed by atoms with van der Waals surface area (Å²) in [5, 5.41) is 23.3. The molecule has 25 heavy (non-hydrogen) atoms. The Balaban J connectivity index is 2.00. The average molecular weight is 362 g/mol. The Labute approximate surface area is 143 Å². The Morgan fingerprint density at radius 2 is 2.12 bits per heavy atom. The summed E-state index contributed by atoms with van der Waals surface area (Å²) >= 11 is 0. The highest BCUT2D eigenvalue weighted by atomic mass is 19.4. The zero-order valence-electron chi connectivity index (χ0n) is 13.8. The molecule has 1 saturated heterocycles. The lowest BCUT2D eigenvalue weighted by Crippen LogP contribution is -2.59. The van der Waals surface area contributed by atoms with Crippen molar-refractivity contribution in [3.63, 3.8) is 0 Å². The summed E-state index contributed by atoms with van der Waals surface area (Å²) in [6.07, 6.45) is -4.60.